The van der Waals surface area contributed by atoms with Crippen LogP contribution < -0.4 is 5.73 Å². The highest BCUT2D eigenvalue weighted by atomic mass is 35.5. The minimum Gasteiger partial charge on any atom is -0.395 e. The Morgan fingerprint density at radius 3 is 2.81 bits per heavy atom. The first kappa shape index (κ1) is 12.1. The molecule has 0 bridgehead atoms. The minimum absolute atomic E-state index is 0.121. The van der Waals surface area contributed by atoms with Crippen LogP contribution in [0.25, 0.3) is 0 Å². The maximum atomic E-state index is 9.00. The van der Waals surface area contributed by atoms with Gasteiger partial charge in [-0.15, -0.1) is 0 Å². The van der Waals surface area contributed by atoms with Crippen molar-refractivity contribution in [1.82, 2.24) is 4.90 Å². The molecule has 0 spiro atoms. The quantitative estimate of drug-likeness (QED) is 0.872. The molecule has 1 aliphatic rings. The van der Waals surface area contributed by atoms with E-state index in [1.54, 1.807) is 6.07 Å². The second-order valence-electron chi connectivity index (χ2n) is 3.87. The fraction of sp³-hybridized carbons (Fsp3) is 0.455. The van der Waals surface area contributed by atoms with Crippen molar-refractivity contribution in [3.63, 3.8) is 0 Å². The van der Waals surface area contributed by atoms with Gasteiger partial charge in [-0.3, -0.25) is 4.90 Å². The number of benzene rings is 1. The Bertz CT molecular complexity index is 398. The predicted molar refractivity (Wildman–Crippen MR) is 65.8 cm³/mol. The van der Waals surface area contributed by atoms with Crippen LogP contribution in [0.15, 0.2) is 12.1 Å². The fourth-order valence-corrected chi connectivity index (χ4v) is 2.64. The summed E-state index contributed by atoms with van der Waals surface area (Å²) in [4.78, 5) is 2.12. The van der Waals surface area contributed by atoms with Crippen molar-refractivity contribution in [2.45, 2.75) is 12.6 Å². The van der Waals surface area contributed by atoms with Gasteiger partial charge in [-0.05, 0) is 17.2 Å². The monoisotopic (exact) mass is 260 g/mol. The van der Waals surface area contributed by atoms with Crippen LogP contribution >= 0.6 is 23.2 Å². The van der Waals surface area contributed by atoms with Crippen molar-refractivity contribution in [3.05, 3.63) is 33.3 Å². The lowest BCUT2D eigenvalue weighted by atomic mass is 10.1. The van der Waals surface area contributed by atoms with E-state index in [0.717, 1.165) is 11.1 Å². The summed E-state index contributed by atoms with van der Waals surface area (Å²) < 4.78 is 0. The summed E-state index contributed by atoms with van der Waals surface area (Å²) in [7, 11) is 0. The van der Waals surface area contributed by atoms with Gasteiger partial charge in [0.1, 0.15) is 0 Å². The molecule has 88 valence electrons. The Kier molecular flexibility index (Phi) is 3.72. The largest absolute Gasteiger partial charge is 0.395 e. The molecule has 1 aromatic carbocycles. The van der Waals surface area contributed by atoms with Crippen LogP contribution in [0.3, 0.4) is 0 Å². The highest BCUT2D eigenvalue weighted by Gasteiger charge is 2.30. The van der Waals surface area contributed by atoms with Crippen LogP contribution in [-0.4, -0.2) is 29.7 Å². The fourth-order valence-electron chi connectivity index (χ4n) is 2.23. The topological polar surface area (TPSA) is 49.5 Å². The summed E-state index contributed by atoms with van der Waals surface area (Å²) in [6, 6.07) is 3.91. The van der Waals surface area contributed by atoms with Gasteiger partial charge in [-0.25, -0.2) is 0 Å². The number of nitrogens with zero attached hydrogens (tertiary/aromatic N) is 1. The Labute approximate surface area is 105 Å². The van der Waals surface area contributed by atoms with Crippen molar-refractivity contribution in [2.75, 3.05) is 19.7 Å². The van der Waals surface area contributed by atoms with Crippen molar-refractivity contribution in [3.8, 4) is 0 Å². The third-order valence-corrected chi connectivity index (χ3v) is 3.85. The summed E-state index contributed by atoms with van der Waals surface area (Å²) in [5.74, 6) is 0. The second kappa shape index (κ2) is 4.90. The number of hydrogen-bond acceptors (Lipinski definition) is 3. The molecule has 2 rings (SSSR count). The molecule has 0 amide bonds. The molecule has 1 aromatic rings. The molecule has 0 saturated heterocycles. The molecule has 0 saturated carbocycles. The van der Waals surface area contributed by atoms with Crippen LogP contribution in [0.4, 0.5) is 0 Å². The third-order valence-electron chi connectivity index (χ3n) is 3.00. The predicted octanol–water partition coefficient (Wildman–Crippen LogP) is 1.80. The van der Waals surface area contributed by atoms with E-state index in [-0.39, 0.29) is 12.6 Å². The second-order valence-corrected chi connectivity index (χ2v) is 4.66. The van der Waals surface area contributed by atoms with E-state index in [4.69, 9.17) is 34.0 Å². The molecule has 16 heavy (non-hydrogen) atoms. The number of β-amino-alcohol motifs (C(OH)–C–C–N with tert-alkyl or cyclic N) is 1. The standard InChI is InChI=1S/C11H14Cl2N2O/c12-9-2-1-7-8(11(9)13)6-15(3-4-16)10(7)5-14/h1-2,10,16H,3-6,14H2. The van der Waals surface area contributed by atoms with Crippen molar-refractivity contribution < 1.29 is 5.11 Å². The Hall–Kier alpha value is -0.320. The Morgan fingerprint density at radius 1 is 1.44 bits per heavy atom. The molecule has 0 radical (unpaired) electrons. The smallest absolute Gasteiger partial charge is 0.0640 e. The number of aliphatic hydroxyl groups excluding tert-OH is 1. The number of fused-ring (bicyclic) bond motifs is 1. The van der Waals surface area contributed by atoms with Crippen LogP contribution in [0.1, 0.15) is 17.2 Å². The summed E-state index contributed by atoms with van der Waals surface area (Å²) in [6.45, 7) is 1.95. The molecule has 3 nitrogen and oxygen atoms in total. The molecule has 1 heterocycles. The SMILES string of the molecule is NCC1c2ccc(Cl)c(Cl)c2CN1CCO. The van der Waals surface area contributed by atoms with Gasteiger partial charge in [0, 0.05) is 25.7 Å². The van der Waals surface area contributed by atoms with Crippen LogP contribution in [-0.2, 0) is 6.54 Å². The van der Waals surface area contributed by atoms with Crippen molar-refractivity contribution >= 4 is 23.2 Å². The first-order valence-electron chi connectivity index (χ1n) is 5.20. The first-order valence-corrected chi connectivity index (χ1v) is 5.96. The maximum absolute atomic E-state index is 9.00. The van der Waals surface area contributed by atoms with Gasteiger partial charge in [-0.1, -0.05) is 29.3 Å². The number of halogens is 2. The van der Waals surface area contributed by atoms with Gasteiger partial charge in [0.25, 0.3) is 0 Å². The van der Waals surface area contributed by atoms with Gasteiger partial charge in [0.15, 0.2) is 0 Å². The minimum atomic E-state index is 0.121. The zero-order valence-corrected chi connectivity index (χ0v) is 10.3. The number of rotatable bonds is 3. The zero-order valence-electron chi connectivity index (χ0n) is 8.79. The Balaban J connectivity index is 2.38. The molecule has 5 heteroatoms. The highest BCUT2D eigenvalue weighted by molar-refractivity contribution is 6.42. The van der Waals surface area contributed by atoms with Crippen LogP contribution in [0.5, 0.6) is 0 Å². The van der Waals surface area contributed by atoms with Gasteiger partial charge < -0.3 is 10.8 Å². The molecule has 0 aliphatic carbocycles. The Morgan fingerprint density at radius 2 is 2.19 bits per heavy atom. The van der Waals surface area contributed by atoms with Gasteiger partial charge in [0.05, 0.1) is 16.7 Å². The third kappa shape index (κ3) is 1.94. The van der Waals surface area contributed by atoms with E-state index in [1.165, 1.54) is 0 Å². The van der Waals surface area contributed by atoms with Crippen molar-refractivity contribution in [1.29, 1.82) is 0 Å². The normalized spacial score (nSPS) is 20.1. The molecule has 3 N–H and O–H groups in total. The van der Waals surface area contributed by atoms with E-state index in [9.17, 15) is 0 Å². The van der Waals surface area contributed by atoms with Gasteiger partial charge in [0.2, 0.25) is 0 Å². The lowest BCUT2D eigenvalue weighted by molar-refractivity contribution is 0.164. The molecule has 1 unspecified atom stereocenters. The first-order chi connectivity index (χ1) is 7.69. The molecular weight excluding hydrogens is 247 g/mol. The van der Waals surface area contributed by atoms with E-state index >= 15 is 0 Å². The lowest BCUT2D eigenvalue weighted by Gasteiger charge is -2.22. The van der Waals surface area contributed by atoms with Gasteiger partial charge in [-0.2, -0.15) is 0 Å². The maximum Gasteiger partial charge on any atom is 0.0640 e. The zero-order chi connectivity index (χ0) is 11.7. The van der Waals surface area contributed by atoms with Gasteiger partial charge >= 0.3 is 0 Å². The average Bonchev–Trinajstić information content (AvgIpc) is 2.62. The number of hydrogen-bond donors (Lipinski definition) is 2. The number of aliphatic hydroxyl groups is 1. The van der Waals surface area contributed by atoms with Crippen LogP contribution in [0, 0.1) is 0 Å². The number of nitrogens with two attached hydrogens (primary N) is 1. The summed E-state index contributed by atoms with van der Waals surface area (Å²) >= 11 is 12.1. The van der Waals surface area contributed by atoms with E-state index < -0.39 is 0 Å². The molecule has 1 aliphatic heterocycles. The van der Waals surface area contributed by atoms with Crippen molar-refractivity contribution in [2.24, 2.45) is 5.73 Å². The van der Waals surface area contributed by atoms with E-state index in [0.29, 0.717) is 29.7 Å². The average molecular weight is 261 g/mol. The molecule has 1 atom stereocenters. The molecule has 0 fully saturated rings. The van der Waals surface area contributed by atoms with E-state index in [1.807, 2.05) is 6.07 Å². The highest BCUT2D eigenvalue weighted by Crippen LogP contribution is 2.39. The van der Waals surface area contributed by atoms with E-state index in [2.05, 4.69) is 4.90 Å². The molecular formula is C11H14Cl2N2O. The molecule has 0 aromatic heterocycles. The summed E-state index contributed by atoms with van der Waals surface area (Å²) in [6.07, 6.45) is 0. The summed E-state index contributed by atoms with van der Waals surface area (Å²) in [5, 5.41) is 10.2. The van der Waals surface area contributed by atoms with Crippen LogP contribution in [0.2, 0.25) is 10.0 Å². The summed E-state index contributed by atoms with van der Waals surface area (Å²) in [5.41, 5.74) is 7.93. The lowest BCUT2D eigenvalue weighted by Crippen LogP contribution is -2.30.